The van der Waals surface area contributed by atoms with Crippen LogP contribution in [0, 0.1) is 0 Å². The van der Waals surface area contributed by atoms with Gasteiger partial charge in [0.15, 0.2) is 0 Å². The lowest BCUT2D eigenvalue weighted by Crippen LogP contribution is -2.37. The van der Waals surface area contributed by atoms with Crippen molar-refractivity contribution in [3.63, 3.8) is 0 Å². The molecule has 0 heterocycles. The molecule has 1 aromatic carbocycles. The fraction of sp³-hybridized carbons (Fsp3) is 0.333. The van der Waals surface area contributed by atoms with Crippen LogP contribution in [0.1, 0.15) is 25.8 Å². The molecule has 21 heavy (non-hydrogen) atoms. The molecular weight excluding hydrogens is 313 g/mol. The number of carbonyl (C=O) groups excluding carboxylic acids is 1. The standard InChI is InChI=1S/C15H17Cl2NO3/c1-10(2)18(8-7-15(20)21)14(19)6-4-11-3-5-12(16)13(17)9-11/h3-6,9-10H,7-8H2,1-2H3,(H,20,21)/b6-4+. The second-order valence-corrected chi connectivity index (χ2v) is 5.59. The molecule has 0 aliphatic heterocycles. The first kappa shape index (κ1) is 17.5. The van der Waals surface area contributed by atoms with Crippen molar-refractivity contribution < 1.29 is 14.7 Å². The van der Waals surface area contributed by atoms with E-state index in [0.29, 0.717) is 10.0 Å². The monoisotopic (exact) mass is 329 g/mol. The second-order valence-electron chi connectivity index (χ2n) is 4.78. The molecule has 0 saturated heterocycles. The third-order valence-corrected chi connectivity index (χ3v) is 3.57. The van der Waals surface area contributed by atoms with E-state index in [4.69, 9.17) is 28.3 Å². The van der Waals surface area contributed by atoms with Gasteiger partial charge in [-0.05, 0) is 37.6 Å². The molecule has 4 nitrogen and oxygen atoms in total. The van der Waals surface area contributed by atoms with Crippen molar-refractivity contribution >= 4 is 41.2 Å². The first-order valence-electron chi connectivity index (χ1n) is 6.46. The topological polar surface area (TPSA) is 57.6 Å². The maximum Gasteiger partial charge on any atom is 0.305 e. The van der Waals surface area contributed by atoms with Gasteiger partial charge in [0.2, 0.25) is 5.91 Å². The third-order valence-electron chi connectivity index (χ3n) is 2.84. The van der Waals surface area contributed by atoms with E-state index in [0.717, 1.165) is 5.56 Å². The molecule has 0 fully saturated rings. The first-order chi connectivity index (χ1) is 9.81. The molecule has 0 bridgehead atoms. The molecule has 0 aliphatic rings. The molecule has 0 atom stereocenters. The average molecular weight is 330 g/mol. The second kappa shape index (κ2) is 8.05. The minimum Gasteiger partial charge on any atom is -0.481 e. The van der Waals surface area contributed by atoms with E-state index in [-0.39, 0.29) is 24.9 Å². The molecule has 114 valence electrons. The van der Waals surface area contributed by atoms with Crippen LogP contribution >= 0.6 is 23.2 Å². The first-order valence-corrected chi connectivity index (χ1v) is 7.22. The molecule has 0 radical (unpaired) electrons. The lowest BCUT2D eigenvalue weighted by molar-refractivity contribution is -0.138. The fourth-order valence-electron chi connectivity index (χ4n) is 1.72. The van der Waals surface area contributed by atoms with E-state index in [1.807, 2.05) is 13.8 Å². The van der Waals surface area contributed by atoms with Crippen molar-refractivity contribution in [2.45, 2.75) is 26.3 Å². The van der Waals surface area contributed by atoms with E-state index in [9.17, 15) is 9.59 Å². The van der Waals surface area contributed by atoms with E-state index < -0.39 is 5.97 Å². The number of halogens is 2. The highest BCUT2D eigenvalue weighted by Gasteiger charge is 2.15. The van der Waals surface area contributed by atoms with Gasteiger partial charge in [-0.2, -0.15) is 0 Å². The van der Waals surface area contributed by atoms with Crippen LogP contribution in [-0.4, -0.2) is 34.5 Å². The zero-order valence-corrected chi connectivity index (χ0v) is 13.4. The van der Waals surface area contributed by atoms with Crippen molar-refractivity contribution in [2.24, 2.45) is 0 Å². The quantitative estimate of drug-likeness (QED) is 0.809. The Kier molecular flexibility index (Phi) is 6.72. The van der Waals surface area contributed by atoms with Gasteiger partial charge in [-0.15, -0.1) is 0 Å². The van der Waals surface area contributed by atoms with Gasteiger partial charge in [0.1, 0.15) is 0 Å². The predicted molar refractivity (Wildman–Crippen MR) is 84.6 cm³/mol. The number of benzene rings is 1. The Balaban J connectivity index is 2.77. The molecule has 0 aliphatic carbocycles. The Bertz CT molecular complexity index is 556. The summed E-state index contributed by atoms with van der Waals surface area (Å²) in [5.74, 6) is -1.17. The summed E-state index contributed by atoms with van der Waals surface area (Å²) in [4.78, 5) is 24.2. The Morgan fingerprint density at radius 3 is 2.48 bits per heavy atom. The summed E-state index contributed by atoms with van der Waals surface area (Å²) in [6.45, 7) is 3.86. The van der Waals surface area contributed by atoms with Crippen LogP contribution in [0.3, 0.4) is 0 Å². The van der Waals surface area contributed by atoms with E-state index >= 15 is 0 Å². The Labute approximate surface area is 134 Å². The highest BCUT2D eigenvalue weighted by molar-refractivity contribution is 6.42. The molecule has 0 aromatic heterocycles. The molecule has 0 unspecified atom stereocenters. The van der Waals surface area contributed by atoms with Crippen molar-refractivity contribution in [2.75, 3.05) is 6.54 Å². The van der Waals surface area contributed by atoms with Crippen LogP contribution in [0.25, 0.3) is 6.08 Å². The number of hydrogen-bond donors (Lipinski definition) is 1. The van der Waals surface area contributed by atoms with Crippen molar-refractivity contribution in [1.29, 1.82) is 0 Å². The van der Waals surface area contributed by atoms with Gasteiger partial charge in [-0.25, -0.2) is 0 Å². The minimum atomic E-state index is -0.929. The number of hydrogen-bond acceptors (Lipinski definition) is 2. The number of amides is 1. The van der Waals surface area contributed by atoms with Gasteiger partial charge in [0.05, 0.1) is 16.5 Å². The Morgan fingerprint density at radius 1 is 1.29 bits per heavy atom. The van der Waals surface area contributed by atoms with E-state index in [1.165, 1.54) is 11.0 Å². The van der Waals surface area contributed by atoms with Crippen molar-refractivity contribution in [3.05, 3.63) is 39.9 Å². The summed E-state index contributed by atoms with van der Waals surface area (Å²) in [6.07, 6.45) is 2.95. The Morgan fingerprint density at radius 2 is 1.95 bits per heavy atom. The lowest BCUT2D eigenvalue weighted by atomic mass is 10.2. The van der Waals surface area contributed by atoms with Crippen molar-refractivity contribution in [3.8, 4) is 0 Å². The summed E-state index contributed by atoms with van der Waals surface area (Å²) in [5, 5.41) is 9.57. The van der Waals surface area contributed by atoms with E-state index in [2.05, 4.69) is 0 Å². The zero-order valence-electron chi connectivity index (χ0n) is 11.8. The Hall–Kier alpha value is -1.52. The molecule has 1 aromatic rings. The van der Waals surface area contributed by atoms with Gasteiger partial charge >= 0.3 is 5.97 Å². The normalized spacial score (nSPS) is 11.1. The van der Waals surface area contributed by atoms with Crippen LogP contribution in [0.2, 0.25) is 10.0 Å². The largest absolute Gasteiger partial charge is 0.481 e. The maximum atomic E-state index is 12.1. The maximum absolute atomic E-state index is 12.1. The molecule has 1 N–H and O–H groups in total. The predicted octanol–water partition coefficient (Wildman–Crippen LogP) is 3.72. The molecule has 6 heteroatoms. The summed E-state index contributed by atoms with van der Waals surface area (Å²) >= 11 is 11.7. The van der Waals surface area contributed by atoms with Crippen LogP contribution in [-0.2, 0) is 9.59 Å². The smallest absolute Gasteiger partial charge is 0.305 e. The van der Waals surface area contributed by atoms with Crippen LogP contribution < -0.4 is 0 Å². The highest BCUT2D eigenvalue weighted by atomic mass is 35.5. The molecule has 1 amide bonds. The summed E-state index contributed by atoms with van der Waals surface area (Å²) in [5.41, 5.74) is 0.750. The minimum absolute atomic E-state index is 0.0738. The van der Waals surface area contributed by atoms with Gasteiger partial charge < -0.3 is 10.0 Å². The molecule has 1 rings (SSSR count). The fourth-order valence-corrected chi connectivity index (χ4v) is 2.02. The number of carbonyl (C=O) groups is 2. The number of carboxylic acid groups (broad SMARTS) is 1. The summed E-state index contributed by atoms with van der Waals surface area (Å²) < 4.78 is 0. The van der Waals surface area contributed by atoms with Crippen LogP contribution in [0.4, 0.5) is 0 Å². The SMILES string of the molecule is CC(C)N(CCC(=O)O)C(=O)/C=C/c1ccc(Cl)c(Cl)c1. The molecule has 0 spiro atoms. The van der Waals surface area contributed by atoms with Gasteiger partial charge in [0.25, 0.3) is 0 Å². The average Bonchev–Trinajstić information content (AvgIpc) is 2.39. The van der Waals surface area contributed by atoms with Gasteiger partial charge in [0, 0.05) is 18.7 Å². The summed E-state index contributed by atoms with van der Waals surface area (Å²) in [6, 6.07) is 4.98. The van der Waals surface area contributed by atoms with Gasteiger partial charge in [-0.3, -0.25) is 9.59 Å². The van der Waals surface area contributed by atoms with Gasteiger partial charge in [-0.1, -0.05) is 29.3 Å². The van der Waals surface area contributed by atoms with Crippen molar-refractivity contribution in [1.82, 2.24) is 4.90 Å². The molecule has 0 saturated carbocycles. The third kappa shape index (κ3) is 5.78. The zero-order chi connectivity index (χ0) is 16.0. The van der Waals surface area contributed by atoms with Crippen LogP contribution in [0.15, 0.2) is 24.3 Å². The van der Waals surface area contributed by atoms with E-state index in [1.54, 1.807) is 24.3 Å². The van der Waals surface area contributed by atoms with Crippen LogP contribution in [0.5, 0.6) is 0 Å². The lowest BCUT2D eigenvalue weighted by Gasteiger charge is -2.24. The number of rotatable bonds is 6. The summed E-state index contributed by atoms with van der Waals surface area (Å²) in [7, 11) is 0. The number of nitrogens with zero attached hydrogens (tertiary/aromatic N) is 1. The molecular formula is C15H17Cl2NO3. The number of carboxylic acids is 1. The highest BCUT2D eigenvalue weighted by Crippen LogP contribution is 2.23. The number of aliphatic carboxylic acids is 1.